The first-order valence-electron chi connectivity index (χ1n) is 5.35. The molecule has 0 aliphatic heterocycles. The SMILES string of the molecule is CCOC(C[C@@H](C)NC(=S)NC)OCC. The van der Waals surface area contributed by atoms with E-state index in [-0.39, 0.29) is 12.3 Å². The Morgan fingerprint density at radius 3 is 2.20 bits per heavy atom. The van der Waals surface area contributed by atoms with Gasteiger partial charge in [0.25, 0.3) is 0 Å². The molecule has 0 fully saturated rings. The summed E-state index contributed by atoms with van der Waals surface area (Å²) in [6.07, 6.45) is 0.630. The highest BCUT2D eigenvalue weighted by molar-refractivity contribution is 7.80. The minimum Gasteiger partial charge on any atom is -0.366 e. The van der Waals surface area contributed by atoms with Crippen molar-refractivity contribution in [3.63, 3.8) is 0 Å². The minimum atomic E-state index is -0.151. The lowest BCUT2D eigenvalue weighted by molar-refractivity contribution is -0.141. The highest BCUT2D eigenvalue weighted by atomic mass is 32.1. The fourth-order valence-electron chi connectivity index (χ4n) is 1.20. The van der Waals surface area contributed by atoms with Gasteiger partial charge in [-0.05, 0) is 33.0 Å². The maximum Gasteiger partial charge on any atom is 0.166 e. The van der Waals surface area contributed by atoms with Crippen molar-refractivity contribution in [2.24, 2.45) is 0 Å². The number of nitrogens with one attached hydrogen (secondary N) is 2. The Hall–Kier alpha value is -0.390. The van der Waals surface area contributed by atoms with E-state index in [4.69, 9.17) is 21.7 Å². The minimum absolute atomic E-state index is 0.151. The van der Waals surface area contributed by atoms with Gasteiger partial charge in [-0.3, -0.25) is 0 Å². The summed E-state index contributed by atoms with van der Waals surface area (Å²) < 4.78 is 10.9. The Kier molecular flexibility index (Phi) is 8.65. The van der Waals surface area contributed by atoms with Gasteiger partial charge in [0, 0.05) is 32.7 Å². The molecule has 0 saturated heterocycles. The van der Waals surface area contributed by atoms with Crippen LogP contribution in [0.1, 0.15) is 27.2 Å². The molecule has 0 bridgehead atoms. The van der Waals surface area contributed by atoms with Crippen molar-refractivity contribution in [3.05, 3.63) is 0 Å². The van der Waals surface area contributed by atoms with Crippen molar-refractivity contribution < 1.29 is 9.47 Å². The summed E-state index contributed by atoms with van der Waals surface area (Å²) in [5, 5.41) is 6.66. The average molecular weight is 234 g/mol. The summed E-state index contributed by atoms with van der Waals surface area (Å²) in [6.45, 7) is 7.29. The first-order valence-corrected chi connectivity index (χ1v) is 5.76. The number of hydrogen-bond donors (Lipinski definition) is 2. The third kappa shape index (κ3) is 7.53. The Morgan fingerprint density at radius 1 is 1.27 bits per heavy atom. The molecule has 0 aliphatic rings. The van der Waals surface area contributed by atoms with Crippen LogP contribution in [-0.4, -0.2) is 37.7 Å². The zero-order chi connectivity index (χ0) is 11.7. The zero-order valence-corrected chi connectivity index (χ0v) is 10.8. The summed E-state index contributed by atoms with van der Waals surface area (Å²) in [5.41, 5.74) is 0. The summed E-state index contributed by atoms with van der Waals surface area (Å²) in [6, 6.07) is 0.230. The van der Waals surface area contributed by atoms with Crippen LogP contribution in [0.2, 0.25) is 0 Å². The molecule has 0 aliphatic carbocycles. The van der Waals surface area contributed by atoms with Gasteiger partial charge in [-0.2, -0.15) is 0 Å². The van der Waals surface area contributed by atoms with Gasteiger partial charge in [-0.25, -0.2) is 0 Å². The van der Waals surface area contributed by atoms with Crippen LogP contribution >= 0.6 is 12.2 Å². The molecule has 5 heteroatoms. The Bertz CT molecular complexity index is 173. The largest absolute Gasteiger partial charge is 0.366 e. The summed E-state index contributed by atoms with van der Waals surface area (Å²) in [7, 11) is 1.80. The molecule has 15 heavy (non-hydrogen) atoms. The number of rotatable bonds is 7. The fourth-order valence-corrected chi connectivity index (χ4v) is 1.40. The topological polar surface area (TPSA) is 42.5 Å². The second kappa shape index (κ2) is 8.88. The van der Waals surface area contributed by atoms with Crippen molar-refractivity contribution in [1.82, 2.24) is 10.6 Å². The summed E-state index contributed by atoms with van der Waals surface area (Å²) in [5.74, 6) is 0. The van der Waals surface area contributed by atoms with E-state index in [9.17, 15) is 0 Å². The van der Waals surface area contributed by atoms with Gasteiger partial charge < -0.3 is 20.1 Å². The summed E-state index contributed by atoms with van der Waals surface area (Å²) in [4.78, 5) is 0. The van der Waals surface area contributed by atoms with Gasteiger partial charge in [0.05, 0.1) is 0 Å². The van der Waals surface area contributed by atoms with Gasteiger partial charge in [-0.15, -0.1) is 0 Å². The van der Waals surface area contributed by atoms with Crippen molar-refractivity contribution >= 4 is 17.3 Å². The van der Waals surface area contributed by atoms with Crippen LogP contribution in [0.5, 0.6) is 0 Å². The van der Waals surface area contributed by atoms with E-state index in [1.807, 2.05) is 13.8 Å². The third-order valence-electron chi connectivity index (χ3n) is 1.86. The van der Waals surface area contributed by atoms with E-state index in [1.54, 1.807) is 7.05 Å². The van der Waals surface area contributed by atoms with Crippen LogP contribution in [0.15, 0.2) is 0 Å². The Balaban J connectivity index is 3.87. The number of ether oxygens (including phenoxy) is 2. The molecule has 2 N–H and O–H groups in total. The van der Waals surface area contributed by atoms with E-state index >= 15 is 0 Å². The molecule has 1 atom stereocenters. The van der Waals surface area contributed by atoms with Crippen LogP contribution in [0, 0.1) is 0 Å². The number of hydrogen-bond acceptors (Lipinski definition) is 3. The van der Waals surface area contributed by atoms with Gasteiger partial charge >= 0.3 is 0 Å². The predicted octanol–water partition coefficient (Wildman–Crippen LogP) is 1.26. The lowest BCUT2D eigenvalue weighted by Crippen LogP contribution is -2.41. The molecule has 4 nitrogen and oxygen atoms in total. The molecule has 90 valence electrons. The normalized spacial score (nSPS) is 12.6. The summed E-state index contributed by atoms with van der Waals surface area (Å²) >= 11 is 5.01. The van der Waals surface area contributed by atoms with Crippen LogP contribution in [0.25, 0.3) is 0 Å². The lowest BCUT2D eigenvalue weighted by Gasteiger charge is -2.22. The maximum absolute atomic E-state index is 5.44. The molecule has 0 spiro atoms. The van der Waals surface area contributed by atoms with E-state index in [2.05, 4.69) is 17.6 Å². The first-order chi connectivity index (χ1) is 7.13. The molecule has 0 aromatic rings. The fraction of sp³-hybridized carbons (Fsp3) is 0.900. The molecule has 0 unspecified atom stereocenters. The van der Waals surface area contributed by atoms with Crippen LogP contribution in [-0.2, 0) is 9.47 Å². The van der Waals surface area contributed by atoms with E-state index in [1.165, 1.54) is 0 Å². The van der Waals surface area contributed by atoms with Gasteiger partial charge in [0.2, 0.25) is 0 Å². The third-order valence-corrected chi connectivity index (χ3v) is 2.18. The second-order valence-electron chi connectivity index (χ2n) is 3.20. The molecule has 0 saturated carbocycles. The quantitative estimate of drug-likeness (QED) is 0.513. The molecular weight excluding hydrogens is 212 g/mol. The van der Waals surface area contributed by atoms with Crippen molar-refractivity contribution in [2.45, 2.75) is 39.5 Å². The Labute approximate surface area is 97.7 Å². The van der Waals surface area contributed by atoms with E-state index < -0.39 is 0 Å². The van der Waals surface area contributed by atoms with Crippen LogP contribution in [0.4, 0.5) is 0 Å². The molecule has 0 rings (SSSR count). The smallest absolute Gasteiger partial charge is 0.166 e. The van der Waals surface area contributed by atoms with E-state index in [0.717, 1.165) is 6.42 Å². The molecule has 0 amide bonds. The second-order valence-corrected chi connectivity index (χ2v) is 3.61. The number of thiocarbonyl (C=S) groups is 1. The Morgan fingerprint density at radius 2 is 1.80 bits per heavy atom. The van der Waals surface area contributed by atoms with E-state index in [0.29, 0.717) is 18.3 Å². The molecule has 0 aromatic carbocycles. The van der Waals surface area contributed by atoms with Gasteiger partial charge in [-0.1, -0.05) is 0 Å². The van der Waals surface area contributed by atoms with Crippen LogP contribution in [0.3, 0.4) is 0 Å². The maximum atomic E-state index is 5.44. The van der Waals surface area contributed by atoms with Crippen molar-refractivity contribution in [1.29, 1.82) is 0 Å². The molecule has 0 radical (unpaired) electrons. The standard InChI is InChI=1S/C10H22N2O2S/c1-5-13-9(14-6-2)7-8(3)12-10(15)11-4/h8-9H,5-7H2,1-4H3,(H2,11,12,15)/t8-/m1/s1. The highest BCUT2D eigenvalue weighted by Gasteiger charge is 2.13. The van der Waals surface area contributed by atoms with Crippen molar-refractivity contribution in [2.75, 3.05) is 20.3 Å². The molecule has 0 heterocycles. The highest BCUT2D eigenvalue weighted by Crippen LogP contribution is 2.04. The lowest BCUT2D eigenvalue weighted by atomic mass is 10.2. The predicted molar refractivity (Wildman–Crippen MR) is 65.9 cm³/mol. The first kappa shape index (κ1) is 14.6. The molecule has 0 aromatic heterocycles. The van der Waals surface area contributed by atoms with Gasteiger partial charge in [0.15, 0.2) is 11.4 Å². The van der Waals surface area contributed by atoms with Gasteiger partial charge in [0.1, 0.15) is 0 Å². The monoisotopic (exact) mass is 234 g/mol. The zero-order valence-electron chi connectivity index (χ0n) is 10.0. The molecular formula is C10H22N2O2S. The van der Waals surface area contributed by atoms with Crippen LogP contribution < -0.4 is 10.6 Å². The average Bonchev–Trinajstić information content (AvgIpc) is 2.18. The van der Waals surface area contributed by atoms with Crippen molar-refractivity contribution in [3.8, 4) is 0 Å².